The topological polar surface area (TPSA) is 94.1 Å². The van der Waals surface area contributed by atoms with Gasteiger partial charge in [-0.15, -0.1) is 0 Å². The van der Waals surface area contributed by atoms with Crippen molar-refractivity contribution < 1.29 is 14.3 Å². The smallest absolute Gasteiger partial charge is 0.360 e. The Morgan fingerprint density at radius 1 is 0.912 bits per heavy atom. The highest BCUT2D eigenvalue weighted by Gasteiger charge is 2.30. The van der Waals surface area contributed by atoms with Gasteiger partial charge in [-0.3, -0.25) is 9.59 Å². The lowest BCUT2D eigenvalue weighted by molar-refractivity contribution is 0.0274. The molecule has 1 N–H and O–H groups in total. The van der Waals surface area contributed by atoms with Crippen LogP contribution in [0.15, 0.2) is 89.9 Å². The molecule has 0 radical (unpaired) electrons. The SMILES string of the molecule is CCn1nc(C(=O)O[C@H](C(=O)c2c[nH]c3ccccc23)c2ccccc2)c2ccccc2c1=O. The van der Waals surface area contributed by atoms with Crippen LogP contribution in [0.1, 0.15) is 39.4 Å². The summed E-state index contributed by atoms with van der Waals surface area (Å²) in [5.41, 5.74) is 1.48. The van der Waals surface area contributed by atoms with E-state index in [1.165, 1.54) is 4.68 Å². The first kappa shape index (κ1) is 21.3. The number of benzene rings is 3. The molecule has 1 atom stereocenters. The molecule has 34 heavy (non-hydrogen) atoms. The quantitative estimate of drug-likeness (QED) is 0.299. The summed E-state index contributed by atoms with van der Waals surface area (Å²) in [6.07, 6.45) is 0.442. The van der Waals surface area contributed by atoms with Crippen LogP contribution in [0, 0.1) is 0 Å². The van der Waals surface area contributed by atoms with Gasteiger partial charge < -0.3 is 9.72 Å². The van der Waals surface area contributed by atoms with E-state index in [9.17, 15) is 14.4 Å². The Kier molecular flexibility index (Phi) is 5.51. The molecular weight excluding hydrogens is 430 g/mol. The molecule has 0 saturated carbocycles. The summed E-state index contributed by atoms with van der Waals surface area (Å²) in [6, 6.07) is 23.1. The minimum absolute atomic E-state index is 0.00953. The zero-order valence-corrected chi connectivity index (χ0v) is 18.4. The van der Waals surface area contributed by atoms with Crippen LogP contribution < -0.4 is 5.56 Å². The number of carbonyl (C=O) groups excluding carboxylic acids is 2. The Morgan fingerprint density at radius 3 is 2.29 bits per heavy atom. The maximum Gasteiger partial charge on any atom is 0.360 e. The van der Waals surface area contributed by atoms with Gasteiger partial charge in [0.25, 0.3) is 5.56 Å². The van der Waals surface area contributed by atoms with Crippen molar-refractivity contribution in [3.63, 3.8) is 0 Å². The van der Waals surface area contributed by atoms with E-state index >= 15 is 0 Å². The zero-order valence-electron chi connectivity index (χ0n) is 18.4. The van der Waals surface area contributed by atoms with E-state index in [1.54, 1.807) is 61.7 Å². The van der Waals surface area contributed by atoms with Crippen molar-refractivity contribution in [1.29, 1.82) is 0 Å². The van der Waals surface area contributed by atoms with Crippen molar-refractivity contribution in [2.75, 3.05) is 0 Å². The lowest BCUT2D eigenvalue weighted by Crippen LogP contribution is -2.27. The van der Waals surface area contributed by atoms with Crippen molar-refractivity contribution in [3.05, 3.63) is 112 Å². The summed E-state index contributed by atoms with van der Waals surface area (Å²) in [6.45, 7) is 2.06. The van der Waals surface area contributed by atoms with Gasteiger partial charge in [0.1, 0.15) is 0 Å². The van der Waals surface area contributed by atoms with E-state index in [0.717, 1.165) is 10.9 Å². The highest BCUT2D eigenvalue weighted by atomic mass is 16.5. The second-order valence-corrected chi connectivity index (χ2v) is 7.82. The van der Waals surface area contributed by atoms with Gasteiger partial charge in [0, 0.05) is 40.2 Å². The van der Waals surface area contributed by atoms with E-state index in [1.807, 2.05) is 30.3 Å². The number of nitrogens with zero attached hydrogens (tertiary/aromatic N) is 2. The average Bonchev–Trinajstić information content (AvgIpc) is 3.32. The maximum absolute atomic E-state index is 13.7. The Morgan fingerprint density at radius 2 is 1.56 bits per heavy atom. The Bertz CT molecular complexity index is 1580. The van der Waals surface area contributed by atoms with Gasteiger partial charge >= 0.3 is 5.97 Å². The molecule has 0 spiro atoms. The molecule has 0 aliphatic carbocycles. The van der Waals surface area contributed by atoms with Crippen LogP contribution in [0.4, 0.5) is 0 Å². The van der Waals surface area contributed by atoms with E-state index in [-0.39, 0.29) is 17.0 Å². The largest absolute Gasteiger partial charge is 0.444 e. The fourth-order valence-corrected chi connectivity index (χ4v) is 4.08. The monoisotopic (exact) mass is 451 g/mol. The normalized spacial score (nSPS) is 12.0. The van der Waals surface area contributed by atoms with Crippen molar-refractivity contribution >= 4 is 33.4 Å². The van der Waals surface area contributed by atoms with Crippen LogP contribution in [0.5, 0.6) is 0 Å². The number of ether oxygens (including phenoxy) is 1. The molecule has 3 aromatic carbocycles. The van der Waals surface area contributed by atoms with Crippen molar-refractivity contribution in [2.24, 2.45) is 0 Å². The summed E-state index contributed by atoms with van der Waals surface area (Å²) in [5.74, 6) is -1.13. The number of aryl methyl sites for hydroxylation is 1. The number of nitrogens with one attached hydrogen (secondary N) is 1. The summed E-state index contributed by atoms with van der Waals surface area (Å²) in [5, 5.41) is 5.74. The molecule has 0 saturated heterocycles. The number of aromatic nitrogens is 3. The molecule has 7 nitrogen and oxygen atoms in total. The third-order valence-corrected chi connectivity index (χ3v) is 5.78. The lowest BCUT2D eigenvalue weighted by atomic mass is 9.99. The highest BCUT2D eigenvalue weighted by Crippen LogP contribution is 2.28. The second-order valence-electron chi connectivity index (χ2n) is 7.82. The summed E-state index contributed by atoms with van der Waals surface area (Å²) in [4.78, 5) is 42.8. The van der Waals surface area contributed by atoms with Gasteiger partial charge in [0.15, 0.2) is 11.8 Å². The number of fused-ring (bicyclic) bond motifs is 2. The van der Waals surface area contributed by atoms with Crippen LogP contribution in [0.25, 0.3) is 21.7 Å². The van der Waals surface area contributed by atoms with E-state index < -0.39 is 12.1 Å². The number of hydrogen-bond donors (Lipinski definition) is 1. The Labute approximate surface area is 194 Å². The number of H-pyrrole nitrogens is 1. The van der Waals surface area contributed by atoms with Gasteiger partial charge in [0.2, 0.25) is 5.78 Å². The van der Waals surface area contributed by atoms with Gasteiger partial charge in [-0.05, 0) is 19.1 Å². The molecule has 168 valence electrons. The Balaban J connectivity index is 1.59. The van der Waals surface area contributed by atoms with Crippen LogP contribution in [0.3, 0.4) is 0 Å². The lowest BCUT2D eigenvalue weighted by Gasteiger charge is -2.18. The number of carbonyl (C=O) groups is 2. The molecule has 7 heteroatoms. The number of ketones is 1. The predicted molar refractivity (Wildman–Crippen MR) is 129 cm³/mol. The standard InChI is InChI=1S/C27H21N3O4/c1-2-30-26(32)20-14-7-6-13-19(20)23(29-30)27(33)34-25(17-10-4-3-5-11-17)24(31)21-16-28-22-15-9-8-12-18(21)22/h3-16,25,28H,2H2,1H3/t25-/m0/s1. The highest BCUT2D eigenvalue weighted by molar-refractivity contribution is 6.11. The van der Waals surface area contributed by atoms with Crippen molar-refractivity contribution in [1.82, 2.24) is 14.8 Å². The van der Waals surface area contributed by atoms with Gasteiger partial charge in [-0.2, -0.15) is 5.10 Å². The molecular formula is C27H21N3O4. The molecule has 0 bridgehead atoms. The van der Waals surface area contributed by atoms with Crippen LogP contribution in [-0.4, -0.2) is 26.5 Å². The van der Waals surface area contributed by atoms with E-state index in [2.05, 4.69) is 10.1 Å². The first-order chi connectivity index (χ1) is 16.6. The predicted octanol–water partition coefficient (Wildman–Crippen LogP) is 4.68. The first-order valence-electron chi connectivity index (χ1n) is 10.9. The van der Waals surface area contributed by atoms with Crippen LogP contribution >= 0.6 is 0 Å². The molecule has 2 heterocycles. The minimum Gasteiger partial charge on any atom is -0.444 e. The fraction of sp³-hybridized carbons (Fsp3) is 0.111. The van der Waals surface area contributed by atoms with E-state index in [0.29, 0.717) is 28.4 Å². The van der Waals surface area contributed by atoms with Crippen LogP contribution in [0.2, 0.25) is 0 Å². The van der Waals surface area contributed by atoms with Gasteiger partial charge in [-0.1, -0.05) is 66.7 Å². The fourth-order valence-electron chi connectivity index (χ4n) is 4.08. The summed E-state index contributed by atoms with van der Waals surface area (Å²) >= 11 is 0. The Hall–Kier alpha value is -4.52. The molecule has 2 aromatic heterocycles. The number of aromatic amines is 1. The second kappa shape index (κ2) is 8.78. The third-order valence-electron chi connectivity index (χ3n) is 5.78. The average molecular weight is 451 g/mol. The number of esters is 1. The molecule has 0 aliphatic heterocycles. The van der Waals surface area contributed by atoms with Crippen LogP contribution in [-0.2, 0) is 11.3 Å². The number of para-hydroxylation sites is 1. The molecule has 0 unspecified atom stereocenters. The van der Waals surface area contributed by atoms with E-state index in [4.69, 9.17) is 4.74 Å². The van der Waals surface area contributed by atoms with Crippen molar-refractivity contribution in [3.8, 4) is 0 Å². The molecule has 5 rings (SSSR count). The number of rotatable bonds is 6. The molecule has 0 fully saturated rings. The third kappa shape index (κ3) is 3.67. The molecule has 0 aliphatic rings. The molecule has 5 aromatic rings. The minimum atomic E-state index is -1.18. The maximum atomic E-state index is 13.7. The summed E-state index contributed by atoms with van der Waals surface area (Å²) in [7, 11) is 0. The number of hydrogen-bond acceptors (Lipinski definition) is 5. The van der Waals surface area contributed by atoms with Gasteiger partial charge in [0.05, 0.1) is 5.39 Å². The number of Topliss-reactive ketones (excluding diaryl/α,β-unsaturated/α-hetero) is 1. The molecule has 0 amide bonds. The van der Waals surface area contributed by atoms with Gasteiger partial charge in [-0.25, -0.2) is 9.48 Å². The zero-order chi connectivity index (χ0) is 23.7. The first-order valence-corrected chi connectivity index (χ1v) is 10.9. The van der Waals surface area contributed by atoms with Crippen molar-refractivity contribution in [2.45, 2.75) is 19.6 Å². The summed E-state index contributed by atoms with van der Waals surface area (Å²) < 4.78 is 7.04.